The van der Waals surface area contributed by atoms with Crippen LogP contribution in [0, 0.1) is 0 Å². The van der Waals surface area contributed by atoms with Crippen LogP contribution < -0.4 is 50.9 Å². The number of benzene rings is 2. The summed E-state index contributed by atoms with van der Waals surface area (Å²) in [7, 11) is 0. The zero-order valence-electron chi connectivity index (χ0n) is 27.0. The summed E-state index contributed by atoms with van der Waals surface area (Å²) < 4.78 is 0. The topological polar surface area (TPSA) is 65.2 Å². The molecule has 0 aliphatic carbocycles. The van der Waals surface area contributed by atoms with Gasteiger partial charge in [0.15, 0.2) is 0 Å². The van der Waals surface area contributed by atoms with Crippen molar-refractivity contribution in [3.05, 3.63) is 57.6 Å². The molecule has 8 heteroatoms. The SMILES string of the molecule is C[C@H](CN=Cc1cc(C(C)(C)C)cc(C(C)(C)C)c1O)N=Cc1cc(C(C)(C)C)cc(C(C)(C)C)c1O.[Br-].[Br-].[Br-].[Co+3]. The Kier molecular flexibility index (Phi) is 17.9. The summed E-state index contributed by atoms with van der Waals surface area (Å²) in [5.41, 5.74) is 5.23. The Morgan fingerprint density at radius 2 is 0.951 bits per heavy atom. The molecule has 0 fully saturated rings. The predicted octanol–water partition coefficient (Wildman–Crippen LogP) is -0.776. The van der Waals surface area contributed by atoms with Crippen molar-refractivity contribution < 1.29 is 77.9 Å². The largest absolute Gasteiger partial charge is 3.00 e. The van der Waals surface area contributed by atoms with Gasteiger partial charge in [0.2, 0.25) is 0 Å². The van der Waals surface area contributed by atoms with Crippen molar-refractivity contribution in [2.45, 2.75) is 118 Å². The van der Waals surface area contributed by atoms with E-state index in [1.54, 1.807) is 12.4 Å². The third kappa shape index (κ3) is 12.5. The second kappa shape index (κ2) is 16.4. The van der Waals surface area contributed by atoms with Gasteiger partial charge in [-0.25, -0.2) is 0 Å². The van der Waals surface area contributed by atoms with Crippen LogP contribution in [-0.2, 0) is 38.4 Å². The van der Waals surface area contributed by atoms with Crippen LogP contribution in [0.1, 0.15) is 123 Å². The fourth-order valence-electron chi connectivity index (χ4n) is 4.08. The Morgan fingerprint density at radius 1 is 0.610 bits per heavy atom. The Balaban J connectivity index is -0.00000361. The molecule has 0 bridgehead atoms. The molecule has 0 saturated heterocycles. The maximum atomic E-state index is 11.0. The molecule has 2 N–H and O–H groups in total. The average Bonchev–Trinajstić information content (AvgIpc) is 2.70. The van der Waals surface area contributed by atoms with Gasteiger partial charge >= 0.3 is 16.8 Å². The van der Waals surface area contributed by atoms with Crippen molar-refractivity contribution in [3.8, 4) is 11.5 Å². The van der Waals surface area contributed by atoms with E-state index < -0.39 is 0 Å². The summed E-state index contributed by atoms with van der Waals surface area (Å²) >= 11 is 0. The number of hydrogen-bond donors (Lipinski definition) is 2. The van der Waals surface area contributed by atoms with Crippen LogP contribution in [0.3, 0.4) is 0 Å². The number of phenolic OH excluding ortho intramolecular Hbond substituents is 2. The van der Waals surface area contributed by atoms with Gasteiger partial charge < -0.3 is 61.2 Å². The van der Waals surface area contributed by atoms with E-state index in [-0.39, 0.29) is 95.4 Å². The normalized spacial score (nSPS) is 13.2. The first kappa shape index (κ1) is 44.8. The number of nitrogens with zero attached hydrogens (tertiary/aromatic N) is 2. The first-order valence-electron chi connectivity index (χ1n) is 13.4. The molecule has 0 radical (unpaired) electrons. The maximum Gasteiger partial charge on any atom is 3.00 e. The molecule has 2 rings (SSSR count). The quantitative estimate of drug-likeness (QED) is 0.391. The number of aromatic hydroxyl groups is 2. The third-order valence-corrected chi connectivity index (χ3v) is 6.69. The van der Waals surface area contributed by atoms with E-state index in [4.69, 9.17) is 4.99 Å². The molecule has 41 heavy (non-hydrogen) atoms. The summed E-state index contributed by atoms with van der Waals surface area (Å²) in [6.45, 7) is 28.2. The van der Waals surface area contributed by atoms with Gasteiger partial charge in [-0.05, 0) is 51.8 Å². The molecule has 0 aliphatic heterocycles. The van der Waals surface area contributed by atoms with Gasteiger partial charge in [-0.1, -0.05) is 95.2 Å². The van der Waals surface area contributed by atoms with Crippen molar-refractivity contribution >= 4 is 12.4 Å². The molecule has 234 valence electrons. The van der Waals surface area contributed by atoms with Gasteiger partial charge in [-0.15, -0.1) is 0 Å². The minimum Gasteiger partial charge on any atom is -1.00 e. The number of halogens is 3. The van der Waals surface area contributed by atoms with Crippen molar-refractivity contribution in [3.63, 3.8) is 0 Å². The number of aliphatic imine (C=N–C) groups is 2. The van der Waals surface area contributed by atoms with Crippen LogP contribution in [0.2, 0.25) is 0 Å². The molecular formula is C33H50Br3CoN2O2. The molecular weight excluding hydrogens is 755 g/mol. The first-order chi connectivity index (χ1) is 16.6. The first-order valence-corrected chi connectivity index (χ1v) is 13.4. The molecule has 4 nitrogen and oxygen atoms in total. The average molecular weight is 805 g/mol. The van der Waals surface area contributed by atoms with Crippen molar-refractivity contribution in [1.82, 2.24) is 0 Å². The van der Waals surface area contributed by atoms with Gasteiger partial charge in [0, 0.05) is 34.7 Å². The van der Waals surface area contributed by atoms with Crippen LogP contribution >= 0.6 is 0 Å². The number of hydrogen-bond acceptors (Lipinski definition) is 4. The van der Waals surface area contributed by atoms with Crippen LogP contribution in [0.25, 0.3) is 0 Å². The molecule has 2 aromatic carbocycles. The zero-order valence-corrected chi connectivity index (χ0v) is 32.8. The minimum atomic E-state index is -0.181. The van der Waals surface area contributed by atoms with Gasteiger partial charge in [0.25, 0.3) is 0 Å². The van der Waals surface area contributed by atoms with Gasteiger partial charge in [0.05, 0.1) is 12.6 Å². The van der Waals surface area contributed by atoms with E-state index in [1.807, 2.05) is 19.1 Å². The predicted molar refractivity (Wildman–Crippen MR) is 161 cm³/mol. The Morgan fingerprint density at radius 3 is 1.27 bits per heavy atom. The van der Waals surface area contributed by atoms with Crippen LogP contribution in [0.4, 0.5) is 0 Å². The summed E-state index contributed by atoms with van der Waals surface area (Å²) in [6, 6.07) is 8.22. The molecule has 2 aromatic rings. The van der Waals surface area contributed by atoms with Crippen LogP contribution in [0.5, 0.6) is 11.5 Å². The Hall–Kier alpha value is -0.674. The van der Waals surface area contributed by atoms with E-state index in [9.17, 15) is 10.2 Å². The second-order valence-corrected chi connectivity index (χ2v) is 14.5. The molecule has 0 spiro atoms. The molecule has 0 aliphatic rings. The summed E-state index contributed by atoms with van der Waals surface area (Å²) in [6.07, 6.45) is 3.54. The van der Waals surface area contributed by atoms with Gasteiger partial charge in [-0.3, -0.25) is 9.98 Å². The fraction of sp³-hybridized carbons (Fsp3) is 0.576. The van der Waals surface area contributed by atoms with E-state index in [0.717, 1.165) is 22.3 Å². The minimum absolute atomic E-state index is 0. The van der Waals surface area contributed by atoms with Crippen LogP contribution in [-0.4, -0.2) is 35.2 Å². The molecule has 0 amide bonds. The van der Waals surface area contributed by atoms with Crippen molar-refractivity contribution in [2.24, 2.45) is 9.98 Å². The molecule has 0 unspecified atom stereocenters. The Bertz CT molecular complexity index is 1180. The summed E-state index contributed by atoms with van der Waals surface area (Å²) in [4.78, 5) is 9.34. The van der Waals surface area contributed by atoms with E-state index >= 15 is 0 Å². The number of phenols is 2. The van der Waals surface area contributed by atoms with Gasteiger partial charge in [-0.2, -0.15) is 0 Å². The third-order valence-electron chi connectivity index (χ3n) is 6.69. The van der Waals surface area contributed by atoms with E-state index in [1.165, 1.54) is 11.1 Å². The second-order valence-electron chi connectivity index (χ2n) is 14.5. The van der Waals surface area contributed by atoms with Crippen LogP contribution in [0.15, 0.2) is 34.3 Å². The molecule has 0 saturated carbocycles. The van der Waals surface area contributed by atoms with E-state index in [2.05, 4.69) is 100 Å². The summed E-state index contributed by atoms with van der Waals surface area (Å²) in [5, 5.41) is 22.0. The Labute approximate surface area is 291 Å². The maximum absolute atomic E-state index is 11.0. The van der Waals surface area contributed by atoms with Crippen molar-refractivity contribution in [1.29, 1.82) is 0 Å². The molecule has 1 atom stereocenters. The van der Waals surface area contributed by atoms with E-state index in [0.29, 0.717) is 18.0 Å². The smallest absolute Gasteiger partial charge is 1.00 e. The monoisotopic (exact) mass is 802 g/mol. The fourth-order valence-corrected chi connectivity index (χ4v) is 4.08. The van der Waals surface area contributed by atoms with Gasteiger partial charge in [0.1, 0.15) is 11.5 Å². The van der Waals surface area contributed by atoms with Crippen molar-refractivity contribution in [2.75, 3.05) is 6.54 Å². The molecule has 0 heterocycles. The summed E-state index contributed by atoms with van der Waals surface area (Å²) in [5.74, 6) is 0.581. The standard InChI is InChI=1S/C33H50N2O2.3BrH.Co/c1-21(35-20-23-15-25(31(5,6)7)17-27(29(23)37)33(11,12)13)18-34-19-22-14-24(30(2,3)4)16-26(28(22)36)32(8,9)10;;;;/h14-17,19-21,36-37H,18H2,1-13H3;3*1H;/q;;;;+3/p-3/t21-;;;;/m1..../s1. The molecule has 0 aromatic heterocycles. The zero-order chi connectivity index (χ0) is 28.6. The number of rotatable bonds is 5.